The number of likely N-dealkylation sites (tertiary alicyclic amines) is 1. The molecular formula is C25H36N6O2. The summed E-state index contributed by atoms with van der Waals surface area (Å²) in [6.07, 6.45) is 9.60. The van der Waals surface area contributed by atoms with E-state index >= 15 is 0 Å². The van der Waals surface area contributed by atoms with Crippen LogP contribution in [-0.4, -0.2) is 81.4 Å². The Morgan fingerprint density at radius 3 is 2.55 bits per heavy atom. The number of anilines is 1. The van der Waals surface area contributed by atoms with Gasteiger partial charge in [-0.3, -0.25) is 4.90 Å². The molecule has 0 radical (unpaired) electrons. The van der Waals surface area contributed by atoms with E-state index in [0.717, 1.165) is 75.7 Å². The molecule has 5 heterocycles. The maximum Gasteiger partial charge on any atom is 0.410 e. The number of carbonyl (C=O) groups excluding carboxylic acids is 1. The first kappa shape index (κ1) is 22.2. The quantitative estimate of drug-likeness (QED) is 0.705. The van der Waals surface area contributed by atoms with Crippen LogP contribution in [0.3, 0.4) is 0 Å². The van der Waals surface area contributed by atoms with E-state index in [1.54, 1.807) is 0 Å². The van der Waals surface area contributed by atoms with Crippen molar-refractivity contribution < 1.29 is 9.53 Å². The van der Waals surface area contributed by atoms with Crippen LogP contribution in [0, 0.1) is 0 Å². The molecule has 0 N–H and O–H groups in total. The number of imidazole rings is 1. The number of carbonyl (C=O) groups is 1. The lowest BCUT2D eigenvalue weighted by Gasteiger charge is -2.40. The van der Waals surface area contributed by atoms with E-state index in [9.17, 15) is 4.79 Å². The van der Waals surface area contributed by atoms with Crippen LogP contribution in [0.15, 0.2) is 24.4 Å². The summed E-state index contributed by atoms with van der Waals surface area (Å²) in [6, 6.07) is 4.66. The normalized spacial score (nSPS) is 21.0. The lowest BCUT2D eigenvalue weighted by molar-refractivity contribution is 0.0150. The van der Waals surface area contributed by atoms with Crippen LogP contribution in [0.5, 0.6) is 0 Å². The third-order valence-corrected chi connectivity index (χ3v) is 6.92. The van der Waals surface area contributed by atoms with Crippen molar-refractivity contribution in [2.45, 2.75) is 64.5 Å². The summed E-state index contributed by atoms with van der Waals surface area (Å²) in [4.78, 5) is 23.8. The second-order valence-electron chi connectivity index (χ2n) is 10.5. The highest BCUT2D eigenvalue weighted by molar-refractivity contribution is 5.69. The van der Waals surface area contributed by atoms with Crippen LogP contribution in [0.25, 0.3) is 11.2 Å². The Balaban J connectivity index is 1.25. The summed E-state index contributed by atoms with van der Waals surface area (Å²) >= 11 is 0. The molecule has 2 saturated heterocycles. The topological polar surface area (TPSA) is 66.2 Å². The van der Waals surface area contributed by atoms with Crippen molar-refractivity contribution in [3.63, 3.8) is 0 Å². The first-order valence-corrected chi connectivity index (χ1v) is 12.4. The molecule has 0 unspecified atom stereocenters. The SMILES string of the molecule is CC(C)(C)OC(=O)N1CCC(N2CCC=C(c3cnc4ccc(N5CCCC5)nn34)C2)CC1. The number of amides is 1. The number of rotatable bonds is 3. The molecule has 0 bridgehead atoms. The van der Waals surface area contributed by atoms with Crippen LogP contribution in [-0.2, 0) is 4.74 Å². The maximum absolute atomic E-state index is 12.4. The molecule has 8 nitrogen and oxygen atoms in total. The third-order valence-electron chi connectivity index (χ3n) is 6.92. The first-order chi connectivity index (χ1) is 15.9. The zero-order chi connectivity index (χ0) is 23.0. The number of hydrogen-bond donors (Lipinski definition) is 0. The van der Waals surface area contributed by atoms with Crippen molar-refractivity contribution in [3.8, 4) is 0 Å². The highest BCUT2D eigenvalue weighted by Gasteiger charge is 2.31. The summed E-state index contributed by atoms with van der Waals surface area (Å²) in [6.45, 7) is 11.4. The minimum atomic E-state index is -0.447. The van der Waals surface area contributed by atoms with Gasteiger partial charge in [0.1, 0.15) is 11.4 Å². The second kappa shape index (κ2) is 8.97. The molecule has 2 aromatic rings. The molecule has 0 spiro atoms. The van der Waals surface area contributed by atoms with Crippen molar-refractivity contribution >= 4 is 23.1 Å². The second-order valence-corrected chi connectivity index (χ2v) is 10.5. The Morgan fingerprint density at radius 2 is 1.82 bits per heavy atom. The van der Waals surface area contributed by atoms with Gasteiger partial charge in [-0.25, -0.2) is 14.3 Å². The van der Waals surface area contributed by atoms with E-state index < -0.39 is 5.60 Å². The predicted molar refractivity (Wildman–Crippen MR) is 129 cm³/mol. The van der Waals surface area contributed by atoms with Gasteiger partial charge in [0.25, 0.3) is 0 Å². The van der Waals surface area contributed by atoms with E-state index in [1.165, 1.54) is 18.4 Å². The van der Waals surface area contributed by atoms with E-state index in [1.807, 2.05) is 36.4 Å². The Labute approximate surface area is 196 Å². The molecule has 0 saturated carbocycles. The molecule has 0 atom stereocenters. The molecule has 2 fully saturated rings. The average molecular weight is 453 g/mol. The van der Waals surface area contributed by atoms with Crippen LogP contribution >= 0.6 is 0 Å². The zero-order valence-corrected chi connectivity index (χ0v) is 20.2. The minimum absolute atomic E-state index is 0.189. The zero-order valence-electron chi connectivity index (χ0n) is 20.2. The smallest absolute Gasteiger partial charge is 0.410 e. The maximum atomic E-state index is 12.4. The van der Waals surface area contributed by atoms with Gasteiger partial charge in [0.15, 0.2) is 5.65 Å². The number of hydrogen-bond acceptors (Lipinski definition) is 6. The van der Waals surface area contributed by atoms with Gasteiger partial charge in [-0.15, -0.1) is 5.10 Å². The predicted octanol–water partition coefficient (Wildman–Crippen LogP) is 3.82. The number of ether oxygens (including phenoxy) is 1. The van der Waals surface area contributed by atoms with Gasteiger partial charge in [-0.05, 0) is 70.6 Å². The van der Waals surface area contributed by atoms with Gasteiger partial charge in [0.2, 0.25) is 0 Å². The van der Waals surface area contributed by atoms with Crippen molar-refractivity contribution in [2.75, 3.05) is 44.2 Å². The van der Waals surface area contributed by atoms with Gasteiger partial charge >= 0.3 is 6.09 Å². The van der Waals surface area contributed by atoms with E-state index in [2.05, 4.69) is 33.0 Å². The fourth-order valence-corrected chi connectivity index (χ4v) is 5.20. The molecule has 33 heavy (non-hydrogen) atoms. The lowest BCUT2D eigenvalue weighted by Crippen LogP contribution is -2.49. The van der Waals surface area contributed by atoms with Crippen LogP contribution in [0.2, 0.25) is 0 Å². The number of piperidine rings is 1. The van der Waals surface area contributed by atoms with Crippen LogP contribution < -0.4 is 4.90 Å². The highest BCUT2D eigenvalue weighted by atomic mass is 16.6. The molecule has 3 aliphatic rings. The lowest BCUT2D eigenvalue weighted by atomic mass is 9.99. The Morgan fingerprint density at radius 1 is 1.06 bits per heavy atom. The fourth-order valence-electron chi connectivity index (χ4n) is 5.20. The molecular weight excluding hydrogens is 416 g/mol. The Hall–Kier alpha value is -2.61. The number of aromatic nitrogens is 3. The van der Waals surface area contributed by atoms with Crippen LogP contribution in [0.4, 0.5) is 10.6 Å². The Bertz CT molecular complexity index is 1030. The molecule has 0 aromatic carbocycles. The standard InChI is InChI=1S/C25H36N6O2/c1-25(2,3)33-24(32)29-15-10-20(11-16-29)30-14-6-7-19(18-30)21-17-26-22-8-9-23(27-31(21)22)28-12-4-5-13-28/h7-9,17,20H,4-6,10-16,18H2,1-3H3. The van der Waals surface area contributed by atoms with Gasteiger partial charge < -0.3 is 14.5 Å². The van der Waals surface area contributed by atoms with Crippen molar-refractivity contribution in [3.05, 3.63) is 30.1 Å². The summed E-state index contributed by atoms with van der Waals surface area (Å²) in [7, 11) is 0. The summed E-state index contributed by atoms with van der Waals surface area (Å²) in [5.41, 5.74) is 2.85. The number of fused-ring (bicyclic) bond motifs is 1. The van der Waals surface area contributed by atoms with Gasteiger partial charge in [0, 0.05) is 45.3 Å². The molecule has 5 rings (SSSR count). The van der Waals surface area contributed by atoms with E-state index in [4.69, 9.17) is 9.84 Å². The fraction of sp³-hybridized carbons (Fsp3) is 0.640. The monoisotopic (exact) mass is 452 g/mol. The van der Waals surface area contributed by atoms with Crippen molar-refractivity contribution in [2.24, 2.45) is 0 Å². The molecule has 178 valence electrons. The van der Waals surface area contributed by atoms with E-state index in [-0.39, 0.29) is 6.09 Å². The van der Waals surface area contributed by atoms with Crippen LogP contribution in [0.1, 0.15) is 58.6 Å². The average Bonchev–Trinajstić information content (AvgIpc) is 3.48. The molecule has 1 amide bonds. The summed E-state index contributed by atoms with van der Waals surface area (Å²) in [5, 5.41) is 4.95. The summed E-state index contributed by atoms with van der Waals surface area (Å²) < 4.78 is 7.58. The first-order valence-electron chi connectivity index (χ1n) is 12.4. The molecule has 0 aliphatic carbocycles. The van der Waals surface area contributed by atoms with Gasteiger partial charge in [0.05, 0.1) is 11.9 Å². The largest absolute Gasteiger partial charge is 0.444 e. The Kier molecular flexibility index (Phi) is 6.03. The minimum Gasteiger partial charge on any atom is -0.444 e. The van der Waals surface area contributed by atoms with Crippen molar-refractivity contribution in [1.82, 2.24) is 24.4 Å². The molecule has 2 aromatic heterocycles. The van der Waals surface area contributed by atoms with E-state index in [0.29, 0.717) is 6.04 Å². The van der Waals surface area contributed by atoms with Gasteiger partial charge in [-0.2, -0.15) is 0 Å². The highest BCUT2D eigenvalue weighted by Crippen LogP contribution is 2.27. The van der Waals surface area contributed by atoms with Crippen molar-refractivity contribution in [1.29, 1.82) is 0 Å². The summed E-state index contributed by atoms with van der Waals surface area (Å²) in [5.74, 6) is 1.04. The number of nitrogens with zero attached hydrogens (tertiary/aromatic N) is 6. The molecule has 8 heteroatoms. The van der Waals surface area contributed by atoms with Gasteiger partial charge in [-0.1, -0.05) is 6.08 Å². The third kappa shape index (κ3) is 4.86. The molecule has 3 aliphatic heterocycles.